The molecule has 2 aromatic carbocycles. The molecule has 3 rings (SSSR count). The van der Waals surface area contributed by atoms with Gasteiger partial charge in [-0.2, -0.15) is 0 Å². The number of aliphatic carboxylic acids is 1. The molecule has 130 valence electrons. The van der Waals surface area contributed by atoms with Crippen LogP contribution in [0.1, 0.15) is 38.2 Å². The number of nitrogens with zero attached hydrogens (tertiary/aromatic N) is 1. The Hall–Kier alpha value is -2.55. The Bertz CT molecular complexity index is 846. The molecule has 0 radical (unpaired) electrons. The third-order valence-electron chi connectivity index (χ3n) is 4.65. The van der Waals surface area contributed by atoms with Crippen molar-refractivity contribution in [1.29, 1.82) is 0 Å². The molecule has 1 N–H and O–H groups in total. The Labute approximate surface area is 148 Å². The van der Waals surface area contributed by atoms with Crippen molar-refractivity contribution >= 4 is 16.9 Å². The quantitative estimate of drug-likeness (QED) is 0.589. The molecule has 3 aromatic rings. The van der Waals surface area contributed by atoms with Crippen LogP contribution in [-0.4, -0.2) is 15.6 Å². The third-order valence-corrected chi connectivity index (χ3v) is 4.65. The summed E-state index contributed by atoms with van der Waals surface area (Å²) < 4.78 is 2.41. The summed E-state index contributed by atoms with van der Waals surface area (Å²) in [5.41, 5.74) is 4.96. The smallest absolute Gasteiger partial charge is 0.303 e. The molecule has 25 heavy (non-hydrogen) atoms. The SMILES string of the molecule is CCCCn1c(-c2ccc(CCCC(=O)O)cc2)cc2ccccc21. The van der Waals surface area contributed by atoms with Crippen LogP contribution in [0.15, 0.2) is 54.6 Å². The highest BCUT2D eigenvalue weighted by atomic mass is 16.4. The molecular formula is C22H25NO2. The van der Waals surface area contributed by atoms with Gasteiger partial charge in [0.15, 0.2) is 0 Å². The number of benzene rings is 2. The Balaban J connectivity index is 1.86. The molecule has 3 nitrogen and oxygen atoms in total. The number of rotatable bonds is 8. The van der Waals surface area contributed by atoms with E-state index in [1.807, 2.05) is 0 Å². The second kappa shape index (κ2) is 8.02. The standard InChI is InChI=1S/C22H25NO2/c1-2-3-15-23-20-9-5-4-8-19(20)16-21(23)18-13-11-17(12-14-18)7-6-10-22(24)25/h4-5,8-9,11-14,16H,2-3,6-7,10,15H2,1H3,(H,24,25). The molecule has 0 fully saturated rings. The van der Waals surface area contributed by atoms with Crippen LogP contribution in [0.3, 0.4) is 0 Å². The van der Waals surface area contributed by atoms with Gasteiger partial charge in [-0.15, -0.1) is 0 Å². The minimum Gasteiger partial charge on any atom is -0.481 e. The van der Waals surface area contributed by atoms with E-state index in [0.717, 1.165) is 13.0 Å². The van der Waals surface area contributed by atoms with E-state index in [2.05, 4.69) is 66.1 Å². The Morgan fingerprint density at radius 3 is 2.52 bits per heavy atom. The molecule has 0 aliphatic heterocycles. The predicted molar refractivity (Wildman–Crippen MR) is 103 cm³/mol. The Kier molecular flexibility index (Phi) is 5.54. The van der Waals surface area contributed by atoms with Crippen LogP contribution >= 0.6 is 0 Å². The zero-order chi connectivity index (χ0) is 17.6. The largest absolute Gasteiger partial charge is 0.481 e. The van der Waals surface area contributed by atoms with Crippen LogP contribution in [-0.2, 0) is 17.8 Å². The zero-order valence-corrected chi connectivity index (χ0v) is 14.7. The summed E-state index contributed by atoms with van der Waals surface area (Å²) in [5.74, 6) is -0.725. The molecule has 1 aromatic heterocycles. The molecule has 1 heterocycles. The molecule has 0 aliphatic rings. The topological polar surface area (TPSA) is 42.2 Å². The minimum absolute atomic E-state index is 0.229. The average Bonchev–Trinajstić information content (AvgIpc) is 2.99. The van der Waals surface area contributed by atoms with Crippen LogP contribution in [0.5, 0.6) is 0 Å². The molecule has 0 amide bonds. The lowest BCUT2D eigenvalue weighted by atomic mass is 10.0. The summed E-state index contributed by atoms with van der Waals surface area (Å²) in [6, 6.07) is 19.4. The molecule has 0 saturated heterocycles. The van der Waals surface area contributed by atoms with E-state index in [0.29, 0.717) is 6.42 Å². The van der Waals surface area contributed by atoms with Gasteiger partial charge in [0.25, 0.3) is 0 Å². The first-order valence-electron chi connectivity index (χ1n) is 9.08. The van der Waals surface area contributed by atoms with Gasteiger partial charge in [0, 0.05) is 29.6 Å². The minimum atomic E-state index is -0.725. The van der Waals surface area contributed by atoms with Crippen molar-refractivity contribution in [2.24, 2.45) is 0 Å². The van der Waals surface area contributed by atoms with E-state index < -0.39 is 5.97 Å². The first kappa shape index (κ1) is 17.3. The molecule has 0 bridgehead atoms. The second-order valence-corrected chi connectivity index (χ2v) is 6.54. The number of para-hydroxylation sites is 1. The number of aromatic nitrogens is 1. The number of unbranched alkanes of at least 4 members (excludes halogenated alkanes) is 1. The predicted octanol–water partition coefficient (Wildman–Crippen LogP) is 5.52. The van der Waals surface area contributed by atoms with Gasteiger partial charge >= 0.3 is 5.97 Å². The molecule has 0 aliphatic carbocycles. The number of hydrogen-bond donors (Lipinski definition) is 1. The van der Waals surface area contributed by atoms with E-state index in [9.17, 15) is 4.79 Å². The molecule has 0 atom stereocenters. The Morgan fingerprint density at radius 2 is 1.80 bits per heavy atom. The van der Waals surface area contributed by atoms with Crippen molar-refractivity contribution in [3.05, 3.63) is 60.2 Å². The zero-order valence-electron chi connectivity index (χ0n) is 14.7. The highest BCUT2D eigenvalue weighted by Crippen LogP contribution is 2.29. The number of fused-ring (bicyclic) bond motifs is 1. The molecule has 0 saturated carbocycles. The highest BCUT2D eigenvalue weighted by Gasteiger charge is 2.10. The molecule has 3 heteroatoms. The van der Waals surface area contributed by atoms with Gasteiger partial charge in [-0.25, -0.2) is 0 Å². The number of carboxylic acids is 1. The van der Waals surface area contributed by atoms with Crippen LogP contribution in [0, 0.1) is 0 Å². The summed E-state index contributed by atoms with van der Waals surface area (Å²) in [4.78, 5) is 10.6. The molecule has 0 unspecified atom stereocenters. The van der Waals surface area contributed by atoms with E-state index in [1.165, 1.54) is 40.6 Å². The summed E-state index contributed by atoms with van der Waals surface area (Å²) in [6.07, 6.45) is 4.07. The first-order valence-corrected chi connectivity index (χ1v) is 9.08. The lowest BCUT2D eigenvalue weighted by molar-refractivity contribution is -0.137. The number of hydrogen-bond acceptors (Lipinski definition) is 1. The summed E-state index contributed by atoms with van der Waals surface area (Å²) >= 11 is 0. The fourth-order valence-corrected chi connectivity index (χ4v) is 3.29. The van der Waals surface area contributed by atoms with E-state index in [-0.39, 0.29) is 6.42 Å². The maximum atomic E-state index is 10.6. The van der Waals surface area contributed by atoms with Crippen molar-refractivity contribution in [3.8, 4) is 11.3 Å². The summed E-state index contributed by atoms with van der Waals surface area (Å²) in [5, 5.41) is 10.0. The second-order valence-electron chi connectivity index (χ2n) is 6.54. The monoisotopic (exact) mass is 335 g/mol. The van der Waals surface area contributed by atoms with Crippen molar-refractivity contribution in [2.75, 3.05) is 0 Å². The summed E-state index contributed by atoms with van der Waals surface area (Å²) in [7, 11) is 0. The van der Waals surface area contributed by atoms with Crippen molar-refractivity contribution in [3.63, 3.8) is 0 Å². The maximum Gasteiger partial charge on any atom is 0.303 e. The first-order chi connectivity index (χ1) is 12.2. The maximum absolute atomic E-state index is 10.6. The summed E-state index contributed by atoms with van der Waals surface area (Å²) in [6.45, 7) is 3.25. The molecular weight excluding hydrogens is 310 g/mol. The average molecular weight is 335 g/mol. The van der Waals surface area contributed by atoms with E-state index >= 15 is 0 Å². The van der Waals surface area contributed by atoms with Crippen LogP contribution in [0.2, 0.25) is 0 Å². The number of carbonyl (C=O) groups is 1. The van der Waals surface area contributed by atoms with Gasteiger partial charge in [-0.3, -0.25) is 4.79 Å². The van der Waals surface area contributed by atoms with Crippen molar-refractivity contribution < 1.29 is 9.90 Å². The van der Waals surface area contributed by atoms with Crippen LogP contribution in [0.4, 0.5) is 0 Å². The number of carboxylic acid groups (broad SMARTS) is 1. The van der Waals surface area contributed by atoms with Gasteiger partial charge in [-0.1, -0.05) is 55.8 Å². The van der Waals surface area contributed by atoms with E-state index in [4.69, 9.17) is 5.11 Å². The highest BCUT2D eigenvalue weighted by molar-refractivity contribution is 5.87. The fraction of sp³-hybridized carbons (Fsp3) is 0.318. The van der Waals surface area contributed by atoms with Crippen molar-refractivity contribution in [1.82, 2.24) is 4.57 Å². The van der Waals surface area contributed by atoms with E-state index in [1.54, 1.807) is 0 Å². The molecule has 0 spiro atoms. The number of aryl methyl sites for hydroxylation is 2. The van der Waals surface area contributed by atoms with Gasteiger partial charge in [0.05, 0.1) is 0 Å². The van der Waals surface area contributed by atoms with Gasteiger partial charge in [0.2, 0.25) is 0 Å². The van der Waals surface area contributed by atoms with Gasteiger partial charge < -0.3 is 9.67 Å². The Morgan fingerprint density at radius 1 is 1.04 bits per heavy atom. The van der Waals surface area contributed by atoms with Crippen LogP contribution < -0.4 is 0 Å². The van der Waals surface area contributed by atoms with Gasteiger partial charge in [-0.05, 0) is 42.5 Å². The van der Waals surface area contributed by atoms with Gasteiger partial charge in [0.1, 0.15) is 0 Å². The lowest BCUT2D eigenvalue weighted by Crippen LogP contribution is -2.00. The van der Waals surface area contributed by atoms with Crippen LogP contribution in [0.25, 0.3) is 22.2 Å². The fourth-order valence-electron chi connectivity index (χ4n) is 3.29. The normalized spacial score (nSPS) is 11.1. The third kappa shape index (κ3) is 4.11. The lowest BCUT2D eigenvalue weighted by Gasteiger charge is -2.11. The van der Waals surface area contributed by atoms with Crippen molar-refractivity contribution in [2.45, 2.75) is 45.6 Å².